The number of rotatable bonds is 6. The molecule has 5 aromatic rings. The summed E-state index contributed by atoms with van der Waals surface area (Å²) in [6.07, 6.45) is 8.08. The Balaban J connectivity index is 1.31. The van der Waals surface area contributed by atoms with E-state index in [1.165, 1.54) is 6.20 Å². The van der Waals surface area contributed by atoms with E-state index in [0.717, 1.165) is 24.0 Å². The van der Waals surface area contributed by atoms with Crippen molar-refractivity contribution in [1.29, 1.82) is 0 Å². The van der Waals surface area contributed by atoms with Crippen LogP contribution in [0.3, 0.4) is 0 Å². The van der Waals surface area contributed by atoms with Gasteiger partial charge in [-0.3, -0.25) is 14.0 Å². The SMILES string of the molecule is CC(C)c1ccnc(NC(=O)c2ccc(-c3nc(C4CCCN4C(=O)c4ccnc(Cl)n4)n4ccnc(N)c34)cc2)c1. The summed E-state index contributed by atoms with van der Waals surface area (Å²) in [6, 6.07) is 12.2. The molecule has 1 saturated heterocycles. The van der Waals surface area contributed by atoms with Crippen LogP contribution in [0.1, 0.15) is 70.9 Å². The molecule has 0 radical (unpaired) electrons. The van der Waals surface area contributed by atoms with Crippen molar-refractivity contribution in [3.63, 3.8) is 0 Å². The van der Waals surface area contributed by atoms with Gasteiger partial charge in [0, 0.05) is 42.5 Å². The molecule has 1 aliphatic heterocycles. The van der Waals surface area contributed by atoms with E-state index in [1.54, 1.807) is 41.7 Å². The number of anilines is 2. The van der Waals surface area contributed by atoms with Crippen molar-refractivity contribution < 1.29 is 9.59 Å². The number of carbonyl (C=O) groups is 2. The van der Waals surface area contributed by atoms with Crippen LogP contribution in [0, 0.1) is 0 Å². The first-order chi connectivity index (χ1) is 20.3. The van der Waals surface area contributed by atoms with Crippen molar-refractivity contribution in [3.05, 3.63) is 95.2 Å². The van der Waals surface area contributed by atoms with Crippen molar-refractivity contribution >= 4 is 40.6 Å². The van der Waals surface area contributed by atoms with E-state index >= 15 is 0 Å². The Kier molecular flexibility index (Phi) is 7.26. The first-order valence-corrected chi connectivity index (χ1v) is 14.0. The summed E-state index contributed by atoms with van der Waals surface area (Å²) >= 11 is 5.95. The fraction of sp³-hybridized carbons (Fsp3) is 0.233. The van der Waals surface area contributed by atoms with Gasteiger partial charge in [0.2, 0.25) is 5.28 Å². The van der Waals surface area contributed by atoms with Gasteiger partial charge < -0.3 is 16.0 Å². The Hall–Kier alpha value is -4.90. The van der Waals surface area contributed by atoms with Gasteiger partial charge in [-0.25, -0.2) is 24.9 Å². The zero-order valence-electron chi connectivity index (χ0n) is 23.0. The van der Waals surface area contributed by atoms with Gasteiger partial charge in [0.25, 0.3) is 11.8 Å². The number of nitrogens with zero attached hydrogens (tertiary/aromatic N) is 7. The van der Waals surface area contributed by atoms with Crippen molar-refractivity contribution in [2.24, 2.45) is 0 Å². The molecule has 0 saturated carbocycles. The highest BCUT2D eigenvalue weighted by atomic mass is 35.5. The molecule has 0 aliphatic carbocycles. The number of amides is 2. The third-order valence-electron chi connectivity index (χ3n) is 7.38. The maximum absolute atomic E-state index is 13.4. The maximum atomic E-state index is 13.4. The summed E-state index contributed by atoms with van der Waals surface area (Å²) in [5, 5.41) is 2.89. The molecule has 1 unspecified atom stereocenters. The van der Waals surface area contributed by atoms with Gasteiger partial charge in [0.05, 0.1) is 6.04 Å². The van der Waals surface area contributed by atoms with Crippen LogP contribution >= 0.6 is 11.6 Å². The number of halogens is 1. The lowest BCUT2D eigenvalue weighted by atomic mass is 10.1. The zero-order valence-corrected chi connectivity index (χ0v) is 23.8. The van der Waals surface area contributed by atoms with Crippen LogP contribution in [0.15, 0.2) is 67.3 Å². The fourth-order valence-corrected chi connectivity index (χ4v) is 5.39. The highest BCUT2D eigenvalue weighted by Crippen LogP contribution is 2.37. The molecule has 1 aromatic carbocycles. The summed E-state index contributed by atoms with van der Waals surface area (Å²) in [6.45, 7) is 4.72. The Labute approximate surface area is 246 Å². The zero-order chi connectivity index (χ0) is 29.4. The topological polar surface area (TPSA) is 144 Å². The number of carbonyl (C=O) groups excluding carboxylic acids is 2. The summed E-state index contributed by atoms with van der Waals surface area (Å²) < 4.78 is 1.88. The summed E-state index contributed by atoms with van der Waals surface area (Å²) in [5.41, 5.74) is 10.1. The molecule has 3 N–H and O–H groups in total. The average Bonchev–Trinajstić information content (AvgIpc) is 3.63. The molecule has 1 fully saturated rings. The van der Waals surface area contributed by atoms with E-state index < -0.39 is 0 Å². The van der Waals surface area contributed by atoms with E-state index in [1.807, 2.05) is 28.7 Å². The number of likely N-dealkylation sites (tertiary alicyclic amines) is 1. The molecule has 11 nitrogen and oxygen atoms in total. The largest absolute Gasteiger partial charge is 0.382 e. The Morgan fingerprint density at radius 2 is 1.81 bits per heavy atom. The molecule has 212 valence electrons. The minimum absolute atomic E-state index is 0.0152. The van der Waals surface area contributed by atoms with Crippen LogP contribution in [-0.2, 0) is 0 Å². The van der Waals surface area contributed by atoms with Gasteiger partial charge in [0.1, 0.15) is 34.4 Å². The second-order valence-corrected chi connectivity index (χ2v) is 10.7. The molecule has 5 heterocycles. The molecule has 42 heavy (non-hydrogen) atoms. The molecule has 12 heteroatoms. The van der Waals surface area contributed by atoms with Crippen molar-refractivity contribution in [1.82, 2.24) is 34.2 Å². The predicted octanol–water partition coefficient (Wildman–Crippen LogP) is 5.17. The predicted molar refractivity (Wildman–Crippen MR) is 159 cm³/mol. The minimum atomic E-state index is -0.312. The molecule has 0 spiro atoms. The lowest BCUT2D eigenvalue weighted by molar-refractivity contribution is 0.0723. The number of nitrogens with two attached hydrogens (primary N) is 1. The van der Waals surface area contributed by atoms with Gasteiger partial charge in [-0.1, -0.05) is 26.0 Å². The summed E-state index contributed by atoms with van der Waals surface area (Å²) in [4.78, 5) is 49.7. The minimum Gasteiger partial charge on any atom is -0.382 e. The molecular formula is C30H28ClN9O2. The van der Waals surface area contributed by atoms with Gasteiger partial charge in [0.15, 0.2) is 0 Å². The van der Waals surface area contributed by atoms with Gasteiger partial charge in [-0.15, -0.1) is 0 Å². The monoisotopic (exact) mass is 581 g/mol. The molecular weight excluding hydrogens is 554 g/mol. The second kappa shape index (κ2) is 11.2. The smallest absolute Gasteiger partial charge is 0.273 e. The molecule has 4 aromatic heterocycles. The number of nitrogen functional groups attached to an aromatic ring is 1. The van der Waals surface area contributed by atoms with E-state index in [9.17, 15) is 9.59 Å². The quantitative estimate of drug-likeness (QED) is 0.261. The van der Waals surface area contributed by atoms with Crippen molar-refractivity contribution in [2.45, 2.75) is 38.6 Å². The number of imidazole rings is 1. The van der Waals surface area contributed by atoms with Crippen LogP contribution < -0.4 is 11.1 Å². The number of hydrogen-bond donors (Lipinski definition) is 2. The van der Waals surface area contributed by atoms with Crippen LogP contribution in [0.25, 0.3) is 16.8 Å². The lowest BCUT2D eigenvalue weighted by Crippen LogP contribution is -2.32. The number of pyridine rings is 1. The third kappa shape index (κ3) is 5.14. The summed E-state index contributed by atoms with van der Waals surface area (Å²) in [7, 11) is 0. The average molecular weight is 582 g/mol. The van der Waals surface area contributed by atoms with Gasteiger partial charge >= 0.3 is 0 Å². The normalized spacial score (nSPS) is 15.0. The highest BCUT2D eigenvalue weighted by Gasteiger charge is 2.35. The van der Waals surface area contributed by atoms with E-state index in [0.29, 0.717) is 46.7 Å². The number of fused-ring (bicyclic) bond motifs is 1. The number of nitrogens with one attached hydrogen (secondary N) is 1. The lowest BCUT2D eigenvalue weighted by Gasteiger charge is -2.23. The third-order valence-corrected chi connectivity index (χ3v) is 7.56. The molecule has 1 aliphatic rings. The van der Waals surface area contributed by atoms with Crippen molar-refractivity contribution in [3.8, 4) is 11.3 Å². The van der Waals surface area contributed by atoms with Gasteiger partial charge in [-0.05, 0) is 66.3 Å². The van der Waals surface area contributed by atoms with Crippen LogP contribution in [0.5, 0.6) is 0 Å². The number of benzene rings is 1. The second-order valence-electron chi connectivity index (χ2n) is 10.4. The highest BCUT2D eigenvalue weighted by molar-refractivity contribution is 6.28. The Bertz CT molecular complexity index is 1800. The standard InChI is InChI=1S/C30H28ClN9O2/c1-17(2)20-9-11-33-23(16-20)37-28(41)19-7-5-18(6-8-19)24-25-26(32)34-13-15-40(25)27(38-24)22-4-3-14-39(22)29(42)21-10-12-35-30(31)36-21/h5-13,15-17,22H,3-4,14H2,1-2H3,(H2,32,34)(H,33,37,41). The maximum Gasteiger partial charge on any atom is 0.273 e. The molecule has 1 atom stereocenters. The number of aromatic nitrogens is 6. The summed E-state index contributed by atoms with van der Waals surface area (Å²) in [5.74, 6) is 1.28. The van der Waals surface area contributed by atoms with E-state index in [2.05, 4.69) is 39.1 Å². The van der Waals surface area contributed by atoms with E-state index in [-0.39, 0.29) is 28.8 Å². The Morgan fingerprint density at radius 3 is 2.57 bits per heavy atom. The first kappa shape index (κ1) is 27.3. The number of hydrogen-bond acceptors (Lipinski definition) is 8. The molecule has 0 bridgehead atoms. The fourth-order valence-electron chi connectivity index (χ4n) is 5.25. The van der Waals surface area contributed by atoms with Crippen LogP contribution in [0.4, 0.5) is 11.6 Å². The molecule has 2 amide bonds. The first-order valence-electron chi connectivity index (χ1n) is 13.6. The van der Waals surface area contributed by atoms with Crippen molar-refractivity contribution in [2.75, 3.05) is 17.6 Å². The van der Waals surface area contributed by atoms with E-state index in [4.69, 9.17) is 22.3 Å². The van der Waals surface area contributed by atoms with Crippen LogP contribution in [-0.4, -0.2) is 52.6 Å². The Morgan fingerprint density at radius 1 is 1.02 bits per heavy atom. The van der Waals surface area contributed by atoms with Crippen LogP contribution in [0.2, 0.25) is 5.28 Å². The molecule has 6 rings (SSSR count). The van der Waals surface area contributed by atoms with Gasteiger partial charge in [-0.2, -0.15) is 0 Å².